The number of hydrogen-bond donors (Lipinski definition) is 1. The van der Waals surface area contributed by atoms with Gasteiger partial charge in [-0.25, -0.2) is 0 Å². The molecule has 0 bridgehead atoms. The molecule has 0 radical (unpaired) electrons. The molecular formula is C16H22O3. The van der Waals surface area contributed by atoms with Gasteiger partial charge in [-0.05, 0) is 48.3 Å². The van der Waals surface area contributed by atoms with Crippen molar-refractivity contribution in [2.24, 2.45) is 5.92 Å². The summed E-state index contributed by atoms with van der Waals surface area (Å²) in [5.74, 6) is 0.886. The Balaban J connectivity index is 2.27. The lowest BCUT2D eigenvalue weighted by Crippen LogP contribution is -2.23. The maximum absolute atomic E-state index is 11.1. The fourth-order valence-corrected chi connectivity index (χ4v) is 2.89. The number of hydrogen-bond acceptors (Lipinski definition) is 2. The van der Waals surface area contributed by atoms with E-state index in [4.69, 9.17) is 9.84 Å². The third-order valence-corrected chi connectivity index (χ3v) is 4.23. The van der Waals surface area contributed by atoms with Crippen molar-refractivity contribution in [2.75, 3.05) is 7.11 Å². The second kappa shape index (κ2) is 6.09. The topological polar surface area (TPSA) is 46.5 Å². The van der Waals surface area contributed by atoms with Crippen LogP contribution in [0.4, 0.5) is 0 Å². The van der Waals surface area contributed by atoms with Crippen molar-refractivity contribution in [3.05, 3.63) is 29.3 Å². The van der Waals surface area contributed by atoms with E-state index < -0.39 is 5.97 Å². The number of carboxylic acids is 1. The third-order valence-electron chi connectivity index (χ3n) is 4.23. The molecule has 3 nitrogen and oxygen atoms in total. The van der Waals surface area contributed by atoms with Gasteiger partial charge in [-0.1, -0.05) is 25.5 Å². The molecule has 0 aliphatic heterocycles. The number of rotatable bonds is 6. The minimum absolute atomic E-state index is 0.155. The molecule has 0 aromatic heterocycles. The molecule has 1 N–H and O–H groups in total. The highest BCUT2D eigenvalue weighted by molar-refractivity contribution is 5.68. The van der Waals surface area contributed by atoms with Crippen LogP contribution >= 0.6 is 0 Å². The maximum Gasteiger partial charge on any atom is 0.303 e. The Hall–Kier alpha value is -1.51. The first-order valence-corrected chi connectivity index (χ1v) is 7.04. The normalized spacial score (nSPS) is 16.7. The van der Waals surface area contributed by atoms with Gasteiger partial charge in [0.25, 0.3) is 0 Å². The Morgan fingerprint density at radius 1 is 1.47 bits per heavy atom. The molecule has 1 aromatic rings. The first-order chi connectivity index (χ1) is 9.15. The van der Waals surface area contributed by atoms with Crippen LogP contribution in [0.1, 0.15) is 49.7 Å². The van der Waals surface area contributed by atoms with Gasteiger partial charge in [0.1, 0.15) is 5.75 Å². The van der Waals surface area contributed by atoms with Crippen LogP contribution in [0, 0.1) is 5.92 Å². The van der Waals surface area contributed by atoms with Gasteiger partial charge in [0.15, 0.2) is 0 Å². The van der Waals surface area contributed by atoms with Crippen molar-refractivity contribution in [1.29, 1.82) is 0 Å². The fourth-order valence-electron chi connectivity index (χ4n) is 2.89. The Morgan fingerprint density at radius 2 is 2.21 bits per heavy atom. The fraction of sp³-hybridized carbons (Fsp3) is 0.562. The number of methoxy groups -OCH3 is 1. The minimum atomic E-state index is -0.703. The van der Waals surface area contributed by atoms with Crippen molar-refractivity contribution in [1.82, 2.24) is 0 Å². The first-order valence-electron chi connectivity index (χ1n) is 7.04. The number of benzene rings is 1. The molecule has 3 heteroatoms. The smallest absolute Gasteiger partial charge is 0.303 e. The van der Waals surface area contributed by atoms with E-state index in [1.165, 1.54) is 6.42 Å². The molecule has 1 aromatic carbocycles. The molecule has 2 rings (SSSR count). The molecule has 1 aliphatic rings. The summed E-state index contributed by atoms with van der Waals surface area (Å²) in [6.07, 6.45) is 4.69. The second-order valence-electron chi connectivity index (χ2n) is 5.32. The monoisotopic (exact) mass is 262 g/mol. The lowest BCUT2D eigenvalue weighted by molar-refractivity contribution is -0.138. The predicted molar refractivity (Wildman–Crippen MR) is 74.7 cm³/mol. The van der Waals surface area contributed by atoms with Crippen LogP contribution in [0.3, 0.4) is 0 Å². The Morgan fingerprint density at radius 3 is 2.68 bits per heavy atom. The molecule has 0 amide bonds. The van der Waals surface area contributed by atoms with Crippen molar-refractivity contribution < 1.29 is 14.6 Å². The summed E-state index contributed by atoms with van der Waals surface area (Å²) >= 11 is 0. The van der Waals surface area contributed by atoms with Crippen LogP contribution in [0.25, 0.3) is 0 Å². The minimum Gasteiger partial charge on any atom is -0.496 e. The van der Waals surface area contributed by atoms with Crippen LogP contribution in [0.5, 0.6) is 5.75 Å². The summed E-state index contributed by atoms with van der Waals surface area (Å²) in [5.41, 5.74) is 2.32. The molecule has 1 fully saturated rings. The molecule has 0 saturated heterocycles. The van der Waals surface area contributed by atoms with Gasteiger partial charge >= 0.3 is 5.97 Å². The molecule has 0 heterocycles. The summed E-state index contributed by atoms with van der Waals surface area (Å²) in [5, 5.41) is 9.12. The van der Waals surface area contributed by atoms with Crippen LogP contribution in [-0.4, -0.2) is 18.2 Å². The summed E-state index contributed by atoms with van der Waals surface area (Å²) in [6.45, 7) is 2.09. The lowest BCUT2D eigenvalue weighted by atomic mass is 9.71. The van der Waals surface area contributed by atoms with Crippen LogP contribution in [-0.2, 0) is 11.2 Å². The maximum atomic E-state index is 11.1. The largest absolute Gasteiger partial charge is 0.496 e. The average Bonchev–Trinajstić information content (AvgIpc) is 2.34. The van der Waals surface area contributed by atoms with Gasteiger partial charge in [-0.15, -0.1) is 0 Å². The van der Waals surface area contributed by atoms with Crippen LogP contribution in [0.2, 0.25) is 0 Å². The molecule has 0 spiro atoms. The zero-order valence-electron chi connectivity index (χ0n) is 11.7. The molecule has 1 unspecified atom stereocenters. The number of aliphatic carboxylic acids is 1. The number of carbonyl (C=O) groups is 1. The van der Waals surface area contributed by atoms with E-state index in [9.17, 15) is 4.79 Å². The van der Waals surface area contributed by atoms with Crippen molar-refractivity contribution in [3.63, 3.8) is 0 Å². The predicted octanol–water partition coefficient (Wildman–Crippen LogP) is 3.62. The molecule has 1 saturated carbocycles. The van der Waals surface area contributed by atoms with E-state index in [2.05, 4.69) is 13.0 Å². The summed E-state index contributed by atoms with van der Waals surface area (Å²) in [7, 11) is 1.68. The SMILES string of the molecule is CCc1cc(C(CC(=O)O)C2CCC2)ccc1OC. The highest BCUT2D eigenvalue weighted by atomic mass is 16.5. The number of aryl methyl sites for hydroxylation is 1. The van der Waals surface area contributed by atoms with Gasteiger partial charge in [0.05, 0.1) is 13.5 Å². The number of carboxylic acid groups (broad SMARTS) is 1. The molecular weight excluding hydrogens is 240 g/mol. The van der Waals surface area contributed by atoms with Crippen LogP contribution < -0.4 is 4.74 Å². The van der Waals surface area contributed by atoms with Gasteiger partial charge in [0.2, 0.25) is 0 Å². The van der Waals surface area contributed by atoms with Crippen LogP contribution in [0.15, 0.2) is 18.2 Å². The third kappa shape index (κ3) is 3.09. The van der Waals surface area contributed by atoms with E-state index in [1.54, 1.807) is 7.11 Å². The number of ether oxygens (including phenoxy) is 1. The quantitative estimate of drug-likeness (QED) is 0.851. The zero-order valence-corrected chi connectivity index (χ0v) is 11.7. The van der Waals surface area contributed by atoms with Gasteiger partial charge in [-0.2, -0.15) is 0 Å². The van der Waals surface area contributed by atoms with E-state index in [0.717, 1.165) is 36.1 Å². The summed E-state index contributed by atoms with van der Waals surface area (Å²) < 4.78 is 5.34. The molecule has 1 atom stereocenters. The Labute approximate surface area is 114 Å². The highest BCUT2D eigenvalue weighted by Crippen LogP contribution is 2.42. The Bertz CT molecular complexity index is 449. The van der Waals surface area contributed by atoms with Gasteiger partial charge in [-0.3, -0.25) is 4.79 Å². The van der Waals surface area contributed by atoms with Crippen molar-refractivity contribution in [2.45, 2.75) is 44.9 Å². The second-order valence-corrected chi connectivity index (χ2v) is 5.32. The average molecular weight is 262 g/mol. The highest BCUT2D eigenvalue weighted by Gasteiger charge is 2.30. The van der Waals surface area contributed by atoms with E-state index >= 15 is 0 Å². The lowest BCUT2D eigenvalue weighted by Gasteiger charge is -2.33. The van der Waals surface area contributed by atoms with E-state index in [-0.39, 0.29) is 12.3 Å². The van der Waals surface area contributed by atoms with Crippen molar-refractivity contribution in [3.8, 4) is 5.75 Å². The van der Waals surface area contributed by atoms with Gasteiger partial charge < -0.3 is 9.84 Å². The van der Waals surface area contributed by atoms with Gasteiger partial charge in [0, 0.05) is 0 Å². The summed E-state index contributed by atoms with van der Waals surface area (Å²) in [6, 6.07) is 6.14. The Kier molecular flexibility index (Phi) is 4.46. The van der Waals surface area contributed by atoms with E-state index in [0.29, 0.717) is 5.92 Å². The summed E-state index contributed by atoms with van der Waals surface area (Å²) in [4.78, 5) is 11.1. The van der Waals surface area contributed by atoms with Crippen molar-refractivity contribution >= 4 is 5.97 Å². The molecule has 104 valence electrons. The van der Waals surface area contributed by atoms with E-state index in [1.807, 2.05) is 12.1 Å². The standard InChI is InChI=1S/C16H22O3/c1-3-11-9-13(7-8-15(11)19-2)14(10-16(17)18)12-5-4-6-12/h7-9,12,14H,3-6,10H2,1-2H3,(H,17,18). The zero-order chi connectivity index (χ0) is 13.8. The first kappa shape index (κ1) is 13.9. The molecule has 19 heavy (non-hydrogen) atoms. The molecule has 1 aliphatic carbocycles.